The second-order valence-electron chi connectivity index (χ2n) is 7.20. The molecule has 0 bridgehead atoms. The molecule has 0 spiro atoms. The van der Waals surface area contributed by atoms with Gasteiger partial charge in [-0.1, -0.05) is 29.0 Å². The molecule has 5 rings (SSSR count). The highest BCUT2D eigenvalue weighted by Crippen LogP contribution is 2.42. The van der Waals surface area contributed by atoms with Gasteiger partial charge in [0, 0.05) is 22.9 Å². The first-order valence-electron chi connectivity index (χ1n) is 9.12. The van der Waals surface area contributed by atoms with Crippen molar-refractivity contribution in [1.29, 1.82) is 0 Å². The molecule has 0 radical (unpaired) electrons. The Kier molecular flexibility index (Phi) is 4.18. The van der Waals surface area contributed by atoms with Crippen LogP contribution in [0.2, 0.25) is 5.02 Å². The van der Waals surface area contributed by atoms with Crippen molar-refractivity contribution >= 4 is 44.9 Å². The van der Waals surface area contributed by atoms with Gasteiger partial charge >= 0.3 is 0 Å². The van der Waals surface area contributed by atoms with E-state index in [-0.39, 0.29) is 18.1 Å². The van der Waals surface area contributed by atoms with Gasteiger partial charge in [0.05, 0.1) is 15.9 Å². The van der Waals surface area contributed by atoms with E-state index >= 15 is 0 Å². The van der Waals surface area contributed by atoms with E-state index in [2.05, 4.69) is 21.5 Å². The summed E-state index contributed by atoms with van der Waals surface area (Å²) >= 11 is 7.60. The van der Waals surface area contributed by atoms with Gasteiger partial charge in [-0.2, -0.15) is 9.78 Å². The number of thiazole rings is 1. The lowest BCUT2D eigenvalue weighted by Crippen LogP contribution is -2.25. The number of carbonyl (C=O) groups excluding carboxylic acids is 1. The summed E-state index contributed by atoms with van der Waals surface area (Å²) < 4.78 is 17.3. The molecule has 146 valence electrons. The maximum absolute atomic E-state index is 14.6. The molecule has 1 aliphatic rings. The number of aryl methyl sites for hydroxylation is 2. The SMILES string of the molecule is Cc1ccc2nc(-n3nc(C)c4c3NC(=O)C[C@@H]4c3cc(Cl)ccc3F)sc2c1. The molecule has 4 aromatic rings. The zero-order chi connectivity index (χ0) is 20.3. The predicted octanol–water partition coefficient (Wildman–Crippen LogP) is 5.37. The van der Waals surface area contributed by atoms with E-state index in [1.165, 1.54) is 23.5 Å². The number of nitrogens with one attached hydrogen (secondary N) is 1. The third kappa shape index (κ3) is 3.01. The van der Waals surface area contributed by atoms with Crippen LogP contribution >= 0.6 is 22.9 Å². The Hall–Kier alpha value is -2.77. The molecular weight excluding hydrogens is 411 g/mol. The fourth-order valence-corrected chi connectivity index (χ4v) is 5.05. The van der Waals surface area contributed by atoms with Crippen LogP contribution in [0, 0.1) is 19.7 Å². The van der Waals surface area contributed by atoms with Gasteiger partial charge in [-0.3, -0.25) is 4.79 Å². The number of aromatic nitrogens is 3. The van der Waals surface area contributed by atoms with Crippen LogP contribution < -0.4 is 5.32 Å². The lowest BCUT2D eigenvalue weighted by Gasteiger charge is -2.24. The van der Waals surface area contributed by atoms with E-state index < -0.39 is 5.92 Å². The van der Waals surface area contributed by atoms with Crippen LogP contribution in [0.5, 0.6) is 0 Å². The first kappa shape index (κ1) is 18.3. The first-order chi connectivity index (χ1) is 13.9. The van der Waals surface area contributed by atoms with Gasteiger partial charge in [0.1, 0.15) is 11.6 Å². The van der Waals surface area contributed by atoms with Crippen molar-refractivity contribution in [2.24, 2.45) is 0 Å². The standard InChI is InChI=1S/C21H16ClFN4OS/c1-10-3-6-16-17(7-10)29-21(24-16)27-20-19(11(2)26-27)14(9-18(28)25-20)13-8-12(22)4-5-15(13)23/h3-8,14H,9H2,1-2H3,(H,25,28)/t14-/m1/s1. The number of carbonyl (C=O) groups is 1. The summed E-state index contributed by atoms with van der Waals surface area (Å²) in [5.74, 6) is -0.496. The summed E-state index contributed by atoms with van der Waals surface area (Å²) in [6, 6.07) is 10.5. The average molecular weight is 427 g/mol. The normalized spacial score (nSPS) is 16.1. The van der Waals surface area contributed by atoms with E-state index in [9.17, 15) is 9.18 Å². The van der Waals surface area contributed by atoms with Crippen molar-refractivity contribution in [3.63, 3.8) is 0 Å². The van der Waals surface area contributed by atoms with Crippen LogP contribution in [0.3, 0.4) is 0 Å². The van der Waals surface area contributed by atoms with Gasteiger partial charge in [-0.05, 0) is 55.3 Å². The van der Waals surface area contributed by atoms with Crippen LogP contribution in [-0.2, 0) is 4.79 Å². The van der Waals surface area contributed by atoms with Crippen molar-refractivity contribution in [3.8, 4) is 5.13 Å². The molecule has 1 atom stereocenters. The number of amides is 1. The molecule has 2 aromatic heterocycles. The summed E-state index contributed by atoms with van der Waals surface area (Å²) in [7, 11) is 0. The number of hydrogen-bond acceptors (Lipinski definition) is 4. The van der Waals surface area contributed by atoms with Gasteiger partial charge in [0.15, 0.2) is 0 Å². The number of nitrogens with zero attached hydrogens (tertiary/aromatic N) is 3. The number of hydrogen-bond donors (Lipinski definition) is 1. The Labute approximate surface area is 175 Å². The van der Waals surface area contributed by atoms with E-state index in [0.717, 1.165) is 27.0 Å². The molecule has 0 fully saturated rings. The highest BCUT2D eigenvalue weighted by atomic mass is 35.5. The Bertz CT molecular complexity index is 1300. The van der Waals surface area contributed by atoms with E-state index in [4.69, 9.17) is 11.6 Å². The molecule has 1 aliphatic heterocycles. The van der Waals surface area contributed by atoms with E-state index in [1.54, 1.807) is 10.7 Å². The molecule has 0 aliphatic carbocycles. The van der Waals surface area contributed by atoms with Gasteiger partial charge in [-0.25, -0.2) is 9.37 Å². The molecule has 3 heterocycles. The molecular formula is C21H16ClFN4OS. The molecule has 1 amide bonds. The maximum Gasteiger partial charge on any atom is 0.226 e. The summed E-state index contributed by atoms with van der Waals surface area (Å²) in [4.78, 5) is 17.2. The molecule has 0 unspecified atom stereocenters. The minimum Gasteiger partial charge on any atom is -0.310 e. The minimum absolute atomic E-state index is 0.135. The topological polar surface area (TPSA) is 59.8 Å². The third-order valence-electron chi connectivity index (χ3n) is 5.15. The Balaban J connectivity index is 1.69. The monoisotopic (exact) mass is 426 g/mol. The lowest BCUT2D eigenvalue weighted by molar-refractivity contribution is -0.116. The van der Waals surface area contributed by atoms with E-state index in [1.807, 2.05) is 26.0 Å². The van der Waals surface area contributed by atoms with Gasteiger partial charge < -0.3 is 5.32 Å². The number of benzene rings is 2. The van der Waals surface area contributed by atoms with E-state index in [0.29, 0.717) is 21.5 Å². The summed E-state index contributed by atoms with van der Waals surface area (Å²) in [6.07, 6.45) is 0.135. The van der Waals surface area contributed by atoms with Gasteiger partial charge in [-0.15, -0.1) is 0 Å². The quantitative estimate of drug-likeness (QED) is 0.469. The van der Waals surface area contributed by atoms with Crippen LogP contribution in [0.15, 0.2) is 36.4 Å². The molecule has 29 heavy (non-hydrogen) atoms. The molecule has 0 saturated heterocycles. The Morgan fingerprint density at radius 1 is 1.24 bits per heavy atom. The number of halogens is 2. The van der Waals surface area contributed by atoms with Crippen LogP contribution in [0.1, 0.15) is 34.7 Å². The zero-order valence-corrected chi connectivity index (χ0v) is 17.2. The molecule has 2 aromatic carbocycles. The van der Waals surface area contributed by atoms with Crippen molar-refractivity contribution in [2.75, 3.05) is 5.32 Å². The maximum atomic E-state index is 14.6. The number of rotatable bonds is 2. The predicted molar refractivity (Wildman–Crippen MR) is 113 cm³/mol. The molecule has 0 saturated carbocycles. The van der Waals surface area contributed by atoms with Crippen molar-refractivity contribution in [2.45, 2.75) is 26.2 Å². The fourth-order valence-electron chi connectivity index (χ4n) is 3.84. The molecule has 5 nitrogen and oxygen atoms in total. The highest BCUT2D eigenvalue weighted by Gasteiger charge is 2.34. The van der Waals surface area contributed by atoms with Crippen LogP contribution in [0.4, 0.5) is 10.2 Å². The third-order valence-corrected chi connectivity index (χ3v) is 6.38. The summed E-state index contributed by atoms with van der Waals surface area (Å²) in [5, 5.41) is 8.63. The average Bonchev–Trinajstić information content (AvgIpc) is 3.23. The van der Waals surface area contributed by atoms with Crippen LogP contribution in [-0.4, -0.2) is 20.7 Å². The molecule has 1 N–H and O–H groups in total. The minimum atomic E-state index is -0.456. The van der Waals surface area contributed by atoms with Crippen molar-refractivity contribution < 1.29 is 9.18 Å². The zero-order valence-electron chi connectivity index (χ0n) is 15.7. The largest absolute Gasteiger partial charge is 0.310 e. The fraction of sp³-hybridized carbons (Fsp3) is 0.190. The van der Waals surface area contributed by atoms with Crippen molar-refractivity contribution in [1.82, 2.24) is 14.8 Å². The number of fused-ring (bicyclic) bond motifs is 2. The summed E-state index contributed by atoms with van der Waals surface area (Å²) in [5.41, 5.74) is 3.94. The second kappa shape index (κ2) is 6.64. The van der Waals surface area contributed by atoms with Gasteiger partial charge in [0.25, 0.3) is 0 Å². The summed E-state index contributed by atoms with van der Waals surface area (Å²) in [6.45, 7) is 3.89. The van der Waals surface area contributed by atoms with Crippen LogP contribution in [0.25, 0.3) is 15.3 Å². The first-order valence-corrected chi connectivity index (χ1v) is 10.3. The second-order valence-corrected chi connectivity index (χ2v) is 8.64. The van der Waals surface area contributed by atoms with Gasteiger partial charge in [0.2, 0.25) is 11.0 Å². The number of anilines is 1. The Morgan fingerprint density at radius 3 is 2.90 bits per heavy atom. The highest BCUT2D eigenvalue weighted by molar-refractivity contribution is 7.20. The Morgan fingerprint density at radius 2 is 2.07 bits per heavy atom. The molecule has 8 heteroatoms. The lowest BCUT2D eigenvalue weighted by atomic mass is 9.85. The van der Waals surface area contributed by atoms with Crippen molar-refractivity contribution in [3.05, 3.63) is 69.6 Å². The smallest absolute Gasteiger partial charge is 0.226 e.